The normalized spacial score (nSPS) is 11.3. The van der Waals surface area contributed by atoms with Crippen LogP contribution in [-0.4, -0.2) is 47.4 Å². The van der Waals surface area contributed by atoms with E-state index in [1.54, 1.807) is 0 Å². The summed E-state index contributed by atoms with van der Waals surface area (Å²) in [7, 11) is 0. The van der Waals surface area contributed by atoms with Gasteiger partial charge in [-0.25, -0.2) is 4.79 Å². The molecule has 0 aromatic heterocycles. The first-order chi connectivity index (χ1) is 9.81. The first-order valence-electron chi connectivity index (χ1n) is 6.25. The van der Waals surface area contributed by atoms with Gasteiger partial charge in [-0.1, -0.05) is 6.07 Å². The monoisotopic (exact) mass is 306 g/mol. The van der Waals surface area contributed by atoms with Gasteiger partial charge in [0.1, 0.15) is 0 Å². The summed E-state index contributed by atoms with van der Waals surface area (Å²) in [5, 5.41) is 20.0. The van der Waals surface area contributed by atoms with E-state index in [0.29, 0.717) is 0 Å². The van der Waals surface area contributed by atoms with E-state index < -0.39 is 17.8 Å². The SMILES string of the molecule is Cc1c(NC(=O)N(CCO)CCO)cccc1C(F)(F)F. The molecule has 0 aliphatic heterocycles. The van der Waals surface area contributed by atoms with Crippen molar-refractivity contribution in [1.82, 2.24) is 4.90 Å². The van der Waals surface area contributed by atoms with Crippen LogP contribution in [0.3, 0.4) is 0 Å². The maximum atomic E-state index is 12.8. The Morgan fingerprint density at radius 3 is 2.29 bits per heavy atom. The van der Waals surface area contributed by atoms with Crippen molar-refractivity contribution in [2.45, 2.75) is 13.1 Å². The lowest BCUT2D eigenvalue weighted by Crippen LogP contribution is -2.39. The van der Waals surface area contributed by atoms with Crippen molar-refractivity contribution in [3.63, 3.8) is 0 Å². The van der Waals surface area contributed by atoms with Gasteiger partial charge in [0.2, 0.25) is 0 Å². The molecule has 0 heterocycles. The van der Waals surface area contributed by atoms with E-state index in [4.69, 9.17) is 10.2 Å². The van der Waals surface area contributed by atoms with E-state index in [1.807, 2.05) is 0 Å². The number of hydrogen-bond acceptors (Lipinski definition) is 3. The number of halogens is 3. The summed E-state index contributed by atoms with van der Waals surface area (Å²) in [6.07, 6.45) is -4.50. The Hall–Kier alpha value is -1.80. The second-order valence-corrected chi connectivity index (χ2v) is 4.34. The average Bonchev–Trinajstić information content (AvgIpc) is 2.39. The minimum Gasteiger partial charge on any atom is -0.395 e. The number of alkyl halides is 3. The number of anilines is 1. The van der Waals surface area contributed by atoms with Crippen LogP contribution in [0.4, 0.5) is 23.7 Å². The van der Waals surface area contributed by atoms with Crippen LogP contribution in [0, 0.1) is 6.92 Å². The summed E-state index contributed by atoms with van der Waals surface area (Å²) in [4.78, 5) is 13.0. The fourth-order valence-electron chi connectivity index (χ4n) is 1.83. The van der Waals surface area contributed by atoms with Gasteiger partial charge in [-0.2, -0.15) is 13.2 Å². The number of aliphatic hydroxyl groups is 2. The van der Waals surface area contributed by atoms with E-state index >= 15 is 0 Å². The van der Waals surface area contributed by atoms with Crippen LogP contribution in [0.5, 0.6) is 0 Å². The van der Waals surface area contributed by atoms with Crippen molar-refractivity contribution < 1.29 is 28.2 Å². The largest absolute Gasteiger partial charge is 0.416 e. The highest BCUT2D eigenvalue weighted by Crippen LogP contribution is 2.34. The lowest BCUT2D eigenvalue weighted by atomic mass is 10.1. The molecule has 1 rings (SSSR count). The first-order valence-corrected chi connectivity index (χ1v) is 6.25. The summed E-state index contributed by atoms with van der Waals surface area (Å²) in [6, 6.07) is 2.82. The van der Waals surface area contributed by atoms with E-state index in [-0.39, 0.29) is 37.6 Å². The number of hydrogen-bond donors (Lipinski definition) is 3. The van der Waals surface area contributed by atoms with Crippen molar-refractivity contribution in [2.75, 3.05) is 31.6 Å². The maximum Gasteiger partial charge on any atom is 0.416 e. The molecule has 0 saturated carbocycles. The number of aliphatic hydroxyl groups excluding tert-OH is 2. The zero-order chi connectivity index (χ0) is 16.0. The molecule has 5 nitrogen and oxygen atoms in total. The molecule has 1 aromatic rings. The number of benzene rings is 1. The fraction of sp³-hybridized carbons (Fsp3) is 0.462. The highest BCUT2D eigenvalue weighted by Gasteiger charge is 2.33. The Labute approximate surface area is 120 Å². The van der Waals surface area contributed by atoms with Gasteiger partial charge in [0.05, 0.1) is 18.8 Å². The van der Waals surface area contributed by atoms with Gasteiger partial charge >= 0.3 is 12.2 Å². The molecule has 0 aliphatic carbocycles. The molecule has 0 unspecified atom stereocenters. The Bertz CT molecular complexity index is 486. The summed E-state index contributed by atoms with van der Waals surface area (Å²) in [5.41, 5.74) is -0.877. The Balaban J connectivity index is 2.95. The predicted octanol–water partition coefficient (Wildman–Crippen LogP) is 1.83. The van der Waals surface area contributed by atoms with Gasteiger partial charge in [0.15, 0.2) is 0 Å². The van der Waals surface area contributed by atoms with E-state index in [0.717, 1.165) is 11.0 Å². The van der Waals surface area contributed by atoms with Gasteiger partial charge in [0.25, 0.3) is 0 Å². The van der Waals surface area contributed by atoms with Crippen LogP contribution in [0.15, 0.2) is 18.2 Å². The molecular formula is C13H17F3N2O3. The van der Waals surface area contributed by atoms with E-state index in [2.05, 4.69) is 5.32 Å². The van der Waals surface area contributed by atoms with Gasteiger partial charge < -0.3 is 20.4 Å². The third-order valence-electron chi connectivity index (χ3n) is 2.91. The summed E-state index contributed by atoms with van der Waals surface area (Å²) >= 11 is 0. The quantitative estimate of drug-likeness (QED) is 0.777. The molecule has 1 aromatic carbocycles. The van der Waals surface area contributed by atoms with E-state index in [9.17, 15) is 18.0 Å². The van der Waals surface area contributed by atoms with Crippen LogP contribution in [0.1, 0.15) is 11.1 Å². The van der Waals surface area contributed by atoms with Gasteiger partial charge in [-0.05, 0) is 24.6 Å². The zero-order valence-corrected chi connectivity index (χ0v) is 11.4. The predicted molar refractivity (Wildman–Crippen MR) is 70.9 cm³/mol. The van der Waals surface area contributed by atoms with Gasteiger partial charge in [-0.3, -0.25) is 0 Å². The third kappa shape index (κ3) is 4.61. The number of carbonyl (C=O) groups excluding carboxylic acids is 1. The highest BCUT2D eigenvalue weighted by atomic mass is 19.4. The molecule has 0 fully saturated rings. The fourth-order valence-corrected chi connectivity index (χ4v) is 1.83. The minimum absolute atomic E-state index is 0.0234. The molecule has 0 bridgehead atoms. The Morgan fingerprint density at radius 1 is 1.24 bits per heavy atom. The van der Waals surface area contributed by atoms with Crippen LogP contribution in [0.25, 0.3) is 0 Å². The molecule has 0 aliphatic rings. The van der Waals surface area contributed by atoms with Crippen molar-refractivity contribution in [2.24, 2.45) is 0 Å². The highest BCUT2D eigenvalue weighted by molar-refractivity contribution is 5.90. The van der Waals surface area contributed by atoms with Gasteiger partial charge in [0, 0.05) is 18.8 Å². The van der Waals surface area contributed by atoms with Crippen molar-refractivity contribution in [1.29, 1.82) is 0 Å². The lowest BCUT2D eigenvalue weighted by Gasteiger charge is -2.22. The number of carbonyl (C=O) groups is 1. The zero-order valence-electron chi connectivity index (χ0n) is 11.4. The van der Waals surface area contributed by atoms with Gasteiger partial charge in [-0.15, -0.1) is 0 Å². The minimum atomic E-state index is -4.50. The molecule has 8 heteroatoms. The molecule has 3 N–H and O–H groups in total. The van der Waals surface area contributed by atoms with Crippen LogP contribution in [-0.2, 0) is 6.18 Å². The van der Waals surface area contributed by atoms with Crippen molar-refractivity contribution in [3.05, 3.63) is 29.3 Å². The topological polar surface area (TPSA) is 72.8 Å². The number of rotatable bonds is 5. The molecule has 2 amide bonds. The standard InChI is InChI=1S/C13H17F3N2O3/c1-9-10(13(14,15)16)3-2-4-11(9)17-12(21)18(5-7-19)6-8-20/h2-4,19-20H,5-8H2,1H3,(H,17,21). The van der Waals surface area contributed by atoms with E-state index in [1.165, 1.54) is 19.1 Å². The lowest BCUT2D eigenvalue weighted by molar-refractivity contribution is -0.138. The summed E-state index contributed by atoms with van der Waals surface area (Å²) in [5.74, 6) is 0. The molecule has 0 saturated heterocycles. The van der Waals surface area contributed by atoms with Crippen molar-refractivity contribution in [3.8, 4) is 0 Å². The summed E-state index contributed by atoms with van der Waals surface area (Å²) < 4.78 is 38.3. The molecule has 0 radical (unpaired) electrons. The second kappa shape index (κ2) is 7.28. The molecule has 0 spiro atoms. The molecule has 118 valence electrons. The summed E-state index contributed by atoms with van der Waals surface area (Å²) in [6.45, 7) is 0.597. The molecule has 0 atom stereocenters. The first kappa shape index (κ1) is 17.3. The molecular weight excluding hydrogens is 289 g/mol. The number of urea groups is 1. The van der Waals surface area contributed by atoms with Crippen LogP contribution >= 0.6 is 0 Å². The van der Waals surface area contributed by atoms with Crippen LogP contribution in [0.2, 0.25) is 0 Å². The second-order valence-electron chi connectivity index (χ2n) is 4.34. The molecule has 21 heavy (non-hydrogen) atoms. The van der Waals surface area contributed by atoms with Crippen LogP contribution < -0.4 is 5.32 Å². The smallest absolute Gasteiger partial charge is 0.395 e. The Morgan fingerprint density at radius 2 is 1.81 bits per heavy atom. The number of nitrogens with one attached hydrogen (secondary N) is 1. The number of nitrogens with zero attached hydrogens (tertiary/aromatic N) is 1. The number of amides is 2. The maximum absolute atomic E-state index is 12.8. The Kier molecular flexibility index (Phi) is 5.98. The third-order valence-corrected chi connectivity index (χ3v) is 2.91. The average molecular weight is 306 g/mol. The van der Waals surface area contributed by atoms with Crippen molar-refractivity contribution >= 4 is 11.7 Å².